The highest BCUT2D eigenvalue weighted by molar-refractivity contribution is 7.89. The lowest BCUT2D eigenvalue weighted by Crippen LogP contribution is -2.32. The van der Waals surface area contributed by atoms with Gasteiger partial charge in [0.15, 0.2) is 0 Å². The van der Waals surface area contributed by atoms with Crippen LogP contribution in [0, 0.1) is 6.92 Å². The molecule has 1 aromatic carbocycles. The number of anilines is 1. The summed E-state index contributed by atoms with van der Waals surface area (Å²) in [6, 6.07) is 2.84. The summed E-state index contributed by atoms with van der Waals surface area (Å²) in [5, 5.41) is 0.192. The van der Waals surface area contributed by atoms with Crippen LogP contribution in [0.3, 0.4) is 0 Å². The Balaban J connectivity index is 3.09. The van der Waals surface area contributed by atoms with Gasteiger partial charge in [-0.2, -0.15) is 0 Å². The van der Waals surface area contributed by atoms with Crippen molar-refractivity contribution < 1.29 is 8.42 Å². The summed E-state index contributed by atoms with van der Waals surface area (Å²) in [6.07, 6.45) is 1.69. The minimum Gasteiger partial charge on any atom is -0.398 e. The van der Waals surface area contributed by atoms with E-state index < -0.39 is 10.0 Å². The van der Waals surface area contributed by atoms with Crippen molar-refractivity contribution in [3.63, 3.8) is 0 Å². The summed E-state index contributed by atoms with van der Waals surface area (Å²) in [5.41, 5.74) is 6.91. The molecule has 0 aromatic heterocycles. The molecular formula is C12H19ClN2O2S. The number of hydrogen-bond donors (Lipinski definition) is 2. The molecule has 3 N–H and O–H groups in total. The lowest BCUT2D eigenvalue weighted by molar-refractivity contribution is 0.544. The summed E-state index contributed by atoms with van der Waals surface area (Å²) < 4.78 is 26.9. The molecule has 1 aromatic rings. The Bertz CT molecular complexity index is 529. The van der Waals surface area contributed by atoms with Crippen LogP contribution in [0.1, 0.15) is 32.3 Å². The van der Waals surface area contributed by atoms with E-state index in [9.17, 15) is 8.42 Å². The molecule has 0 bridgehead atoms. The highest BCUT2D eigenvalue weighted by atomic mass is 35.5. The number of hydrogen-bond acceptors (Lipinski definition) is 3. The van der Waals surface area contributed by atoms with Crippen molar-refractivity contribution in [3.8, 4) is 0 Å². The van der Waals surface area contributed by atoms with Crippen LogP contribution in [0.4, 0.5) is 5.69 Å². The Kier molecular flexibility index (Phi) is 5.01. The van der Waals surface area contributed by atoms with E-state index in [1.807, 2.05) is 13.8 Å². The summed E-state index contributed by atoms with van der Waals surface area (Å²) in [7, 11) is -3.61. The van der Waals surface area contributed by atoms with Crippen molar-refractivity contribution in [1.82, 2.24) is 4.72 Å². The maximum atomic E-state index is 12.2. The van der Waals surface area contributed by atoms with Crippen molar-refractivity contribution in [3.05, 3.63) is 22.7 Å². The Morgan fingerprint density at radius 1 is 1.44 bits per heavy atom. The third kappa shape index (κ3) is 3.60. The van der Waals surface area contributed by atoms with Gasteiger partial charge in [-0.1, -0.05) is 24.9 Å². The predicted molar refractivity (Wildman–Crippen MR) is 75.3 cm³/mol. The number of sulfonamides is 1. The standard InChI is InChI=1S/C12H19ClN2O2S/c1-4-5-9(3)15-18(16,17)12-7-11(14)8(2)6-10(12)13/h6-7,9,15H,4-5,14H2,1-3H3. The highest BCUT2D eigenvalue weighted by Crippen LogP contribution is 2.26. The molecule has 6 heteroatoms. The first-order valence-electron chi connectivity index (χ1n) is 5.86. The first-order valence-corrected chi connectivity index (χ1v) is 7.72. The number of rotatable bonds is 5. The van der Waals surface area contributed by atoms with Crippen LogP contribution in [-0.2, 0) is 10.0 Å². The molecule has 0 aliphatic rings. The quantitative estimate of drug-likeness (QED) is 0.819. The van der Waals surface area contributed by atoms with Crippen LogP contribution in [0.15, 0.2) is 17.0 Å². The third-order valence-electron chi connectivity index (χ3n) is 2.69. The average molecular weight is 291 g/mol. The SMILES string of the molecule is CCCC(C)NS(=O)(=O)c1cc(N)c(C)cc1Cl. The van der Waals surface area contributed by atoms with E-state index in [0.717, 1.165) is 18.4 Å². The highest BCUT2D eigenvalue weighted by Gasteiger charge is 2.21. The minimum absolute atomic E-state index is 0.0372. The molecule has 0 saturated heterocycles. The second kappa shape index (κ2) is 5.91. The molecule has 4 nitrogen and oxygen atoms in total. The number of nitrogens with two attached hydrogens (primary N) is 1. The molecule has 0 fully saturated rings. The minimum atomic E-state index is -3.61. The summed E-state index contributed by atoms with van der Waals surface area (Å²) in [5.74, 6) is 0. The van der Waals surface area contributed by atoms with Crippen molar-refractivity contribution in [1.29, 1.82) is 0 Å². The molecule has 1 rings (SSSR count). The van der Waals surface area contributed by atoms with E-state index in [-0.39, 0.29) is 16.0 Å². The molecule has 0 spiro atoms. The zero-order chi connectivity index (χ0) is 13.9. The van der Waals surface area contributed by atoms with Crippen molar-refractivity contribution in [2.24, 2.45) is 0 Å². The van der Waals surface area contributed by atoms with Gasteiger partial charge < -0.3 is 5.73 Å². The lowest BCUT2D eigenvalue weighted by Gasteiger charge is -2.15. The molecule has 0 heterocycles. The van der Waals surface area contributed by atoms with Gasteiger partial charge in [-0.15, -0.1) is 0 Å². The van der Waals surface area contributed by atoms with E-state index in [4.69, 9.17) is 17.3 Å². The Morgan fingerprint density at radius 2 is 2.06 bits per heavy atom. The van der Waals surface area contributed by atoms with Crippen LogP contribution in [0.25, 0.3) is 0 Å². The molecule has 0 radical (unpaired) electrons. The van der Waals surface area contributed by atoms with E-state index in [1.165, 1.54) is 6.07 Å². The van der Waals surface area contributed by atoms with E-state index in [1.54, 1.807) is 13.0 Å². The van der Waals surface area contributed by atoms with Gasteiger partial charge >= 0.3 is 0 Å². The van der Waals surface area contributed by atoms with Gasteiger partial charge in [-0.3, -0.25) is 0 Å². The maximum absolute atomic E-state index is 12.2. The van der Waals surface area contributed by atoms with Crippen molar-refractivity contribution in [2.75, 3.05) is 5.73 Å². The number of nitrogens with one attached hydrogen (secondary N) is 1. The van der Waals surface area contributed by atoms with Gasteiger partial charge in [0.05, 0.1) is 5.02 Å². The smallest absolute Gasteiger partial charge is 0.242 e. The number of benzene rings is 1. The van der Waals surface area contributed by atoms with Gasteiger partial charge in [0.2, 0.25) is 10.0 Å². The molecule has 0 aliphatic heterocycles. The monoisotopic (exact) mass is 290 g/mol. The second-order valence-electron chi connectivity index (χ2n) is 4.45. The fourth-order valence-electron chi connectivity index (χ4n) is 1.69. The average Bonchev–Trinajstić information content (AvgIpc) is 2.22. The van der Waals surface area contributed by atoms with Crippen LogP contribution >= 0.6 is 11.6 Å². The summed E-state index contributed by atoms with van der Waals surface area (Å²) in [6.45, 7) is 5.61. The van der Waals surface area contributed by atoms with Crippen molar-refractivity contribution >= 4 is 27.3 Å². The molecule has 0 aliphatic carbocycles. The van der Waals surface area contributed by atoms with Crippen LogP contribution in [0.2, 0.25) is 5.02 Å². The van der Waals surface area contributed by atoms with E-state index in [0.29, 0.717) is 5.69 Å². The predicted octanol–water partition coefficient (Wildman–Crippen LogP) is 2.70. The first-order chi connectivity index (χ1) is 8.27. The Hall–Kier alpha value is -0.780. The molecule has 0 amide bonds. The second-order valence-corrected chi connectivity index (χ2v) is 6.54. The van der Waals surface area contributed by atoms with E-state index in [2.05, 4.69) is 4.72 Å². The van der Waals surface area contributed by atoms with Gasteiger partial charge in [0.1, 0.15) is 4.90 Å². The first kappa shape index (κ1) is 15.3. The topological polar surface area (TPSA) is 72.2 Å². The van der Waals surface area contributed by atoms with Crippen molar-refractivity contribution in [2.45, 2.75) is 44.6 Å². The fourth-order valence-corrected chi connectivity index (χ4v) is 3.59. The molecule has 1 unspecified atom stereocenters. The largest absolute Gasteiger partial charge is 0.398 e. The van der Waals surface area contributed by atoms with Gasteiger partial charge in [-0.05, 0) is 38.0 Å². The molecular weight excluding hydrogens is 272 g/mol. The molecule has 102 valence electrons. The normalized spacial score (nSPS) is 13.6. The Labute approximate surface area is 114 Å². The molecule has 0 saturated carbocycles. The maximum Gasteiger partial charge on any atom is 0.242 e. The fraction of sp³-hybridized carbons (Fsp3) is 0.500. The zero-order valence-electron chi connectivity index (χ0n) is 10.8. The van der Waals surface area contributed by atoms with Gasteiger partial charge in [-0.25, -0.2) is 13.1 Å². The number of aryl methyl sites for hydroxylation is 1. The van der Waals surface area contributed by atoms with Gasteiger partial charge in [0, 0.05) is 11.7 Å². The summed E-state index contributed by atoms with van der Waals surface area (Å²) in [4.78, 5) is 0.0372. The summed E-state index contributed by atoms with van der Waals surface area (Å²) >= 11 is 5.97. The van der Waals surface area contributed by atoms with E-state index >= 15 is 0 Å². The molecule has 1 atom stereocenters. The number of nitrogen functional groups attached to an aromatic ring is 1. The van der Waals surface area contributed by atoms with Crippen LogP contribution in [-0.4, -0.2) is 14.5 Å². The Morgan fingerprint density at radius 3 is 2.61 bits per heavy atom. The molecule has 18 heavy (non-hydrogen) atoms. The van der Waals surface area contributed by atoms with Crippen LogP contribution in [0.5, 0.6) is 0 Å². The third-order valence-corrected chi connectivity index (χ3v) is 4.74. The van der Waals surface area contributed by atoms with Gasteiger partial charge in [0.25, 0.3) is 0 Å². The lowest BCUT2D eigenvalue weighted by atomic mass is 10.2. The zero-order valence-corrected chi connectivity index (χ0v) is 12.4. The van der Waals surface area contributed by atoms with Crippen LogP contribution < -0.4 is 10.5 Å². The number of halogens is 1.